The van der Waals surface area contributed by atoms with Crippen molar-refractivity contribution >= 4 is 12.4 Å². The second-order valence-corrected chi connectivity index (χ2v) is 6.80. The van der Waals surface area contributed by atoms with Crippen LogP contribution in [0.1, 0.15) is 29.9 Å². The van der Waals surface area contributed by atoms with Crippen molar-refractivity contribution in [1.29, 1.82) is 5.26 Å². The zero-order chi connectivity index (χ0) is 17.4. The van der Waals surface area contributed by atoms with E-state index in [0.717, 1.165) is 44.0 Å². The highest BCUT2D eigenvalue weighted by atomic mass is 35.5. The standard InChI is InChI=1S/C19H21N5O.ClH/c1-13-22-16-18(23-13)25-17(21)15(11-20)19(16)7-9-24(10-8-19)12-14-5-3-2-4-6-14;/h2-6H,7-10,12,21H2,1H3,(H,22,23);1H. The Hall–Kier alpha value is -2.49. The fourth-order valence-corrected chi connectivity index (χ4v) is 3.98. The quantitative estimate of drug-likeness (QED) is 0.847. The van der Waals surface area contributed by atoms with Crippen LogP contribution in [0.2, 0.25) is 0 Å². The molecule has 0 saturated carbocycles. The van der Waals surface area contributed by atoms with E-state index in [2.05, 4.69) is 45.2 Å². The Balaban J connectivity index is 0.00000196. The van der Waals surface area contributed by atoms with Crippen molar-refractivity contribution in [3.8, 4) is 11.9 Å². The monoisotopic (exact) mass is 371 g/mol. The number of aromatic nitrogens is 2. The summed E-state index contributed by atoms with van der Waals surface area (Å²) >= 11 is 0. The fraction of sp³-hybridized carbons (Fsp3) is 0.368. The molecule has 1 saturated heterocycles. The number of piperidine rings is 1. The minimum atomic E-state index is -0.416. The summed E-state index contributed by atoms with van der Waals surface area (Å²) in [5.74, 6) is 1.49. The van der Waals surface area contributed by atoms with Gasteiger partial charge in [0.25, 0.3) is 0 Å². The number of imidazole rings is 1. The average molecular weight is 372 g/mol. The van der Waals surface area contributed by atoms with Crippen molar-refractivity contribution in [2.24, 2.45) is 5.73 Å². The second kappa shape index (κ2) is 7.02. The number of nitriles is 1. The van der Waals surface area contributed by atoms with Crippen LogP contribution in [0, 0.1) is 18.3 Å². The molecular weight excluding hydrogens is 350 g/mol. The van der Waals surface area contributed by atoms with Gasteiger partial charge in [0.05, 0.1) is 11.1 Å². The highest BCUT2D eigenvalue weighted by Gasteiger charge is 2.48. The topological polar surface area (TPSA) is 91.0 Å². The van der Waals surface area contributed by atoms with Crippen LogP contribution in [0.5, 0.6) is 5.88 Å². The molecule has 7 heteroatoms. The molecule has 3 heterocycles. The molecule has 2 aromatic rings. The molecule has 0 unspecified atom stereocenters. The minimum absolute atomic E-state index is 0. The van der Waals surface area contributed by atoms with Gasteiger partial charge in [0.15, 0.2) is 0 Å². The molecule has 3 N–H and O–H groups in total. The number of rotatable bonds is 2. The first-order chi connectivity index (χ1) is 12.1. The van der Waals surface area contributed by atoms with Crippen molar-refractivity contribution in [3.05, 3.63) is 58.9 Å². The summed E-state index contributed by atoms with van der Waals surface area (Å²) < 4.78 is 5.59. The van der Waals surface area contributed by atoms with Crippen LogP contribution in [-0.2, 0) is 12.0 Å². The van der Waals surface area contributed by atoms with Gasteiger partial charge in [-0.1, -0.05) is 30.3 Å². The lowest BCUT2D eigenvalue weighted by molar-refractivity contribution is 0.160. The van der Waals surface area contributed by atoms with Gasteiger partial charge in [-0.2, -0.15) is 10.2 Å². The van der Waals surface area contributed by atoms with Crippen molar-refractivity contribution in [3.63, 3.8) is 0 Å². The van der Waals surface area contributed by atoms with Gasteiger partial charge in [0.2, 0.25) is 11.8 Å². The molecule has 0 bridgehead atoms. The van der Waals surface area contributed by atoms with Crippen LogP contribution >= 0.6 is 12.4 Å². The van der Waals surface area contributed by atoms with Gasteiger partial charge in [-0.15, -0.1) is 12.4 Å². The number of likely N-dealkylation sites (tertiary alicyclic amines) is 1. The van der Waals surface area contributed by atoms with Gasteiger partial charge >= 0.3 is 0 Å². The van der Waals surface area contributed by atoms with E-state index in [4.69, 9.17) is 10.5 Å². The summed E-state index contributed by atoms with van der Waals surface area (Å²) in [6, 6.07) is 12.7. The van der Waals surface area contributed by atoms with Crippen LogP contribution in [0.25, 0.3) is 0 Å². The summed E-state index contributed by atoms with van der Waals surface area (Å²) in [5.41, 5.74) is 8.36. The first-order valence-electron chi connectivity index (χ1n) is 8.54. The van der Waals surface area contributed by atoms with Gasteiger partial charge in [0, 0.05) is 6.54 Å². The van der Waals surface area contributed by atoms with E-state index in [-0.39, 0.29) is 18.3 Å². The number of allylic oxidation sites excluding steroid dienone is 1. The number of ether oxygens (including phenoxy) is 1. The molecule has 1 aromatic carbocycles. The molecule has 1 spiro atoms. The number of aryl methyl sites for hydroxylation is 1. The number of nitrogens with two attached hydrogens (primary N) is 1. The number of nitrogens with one attached hydrogen (secondary N) is 1. The van der Waals surface area contributed by atoms with E-state index in [9.17, 15) is 5.26 Å². The molecule has 1 aromatic heterocycles. The molecule has 6 nitrogen and oxygen atoms in total. The summed E-state index contributed by atoms with van der Waals surface area (Å²) in [6.07, 6.45) is 1.64. The maximum absolute atomic E-state index is 9.70. The van der Waals surface area contributed by atoms with E-state index in [1.54, 1.807) is 0 Å². The van der Waals surface area contributed by atoms with Crippen LogP contribution in [-0.4, -0.2) is 28.0 Å². The number of halogens is 1. The summed E-state index contributed by atoms with van der Waals surface area (Å²) in [7, 11) is 0. The molecular formula is C19H22ClN5O. The number of hydrogen-bond donors (Lipinski definition) is 2. The van der Waals surface area contributed by atoms with E-state index >= 15 is 0 Å². The van der Waals surface area contributed by atoms with Gasteiger partial charge in [-0.25, -0.2) is 0 Å². The Labute approximate surface area is 159 Å². The van der Waals surface area contributed by atoms with Gasteiger partial charge < -0.3 is 15.5 Å². The zero-order valence-corrected chi connectivity index (χ0v) is 15.5. The predicted molar refractivity (Wildman–Crippen MR) is 101 cm³/mol. The minimum Gasteiger partial charge on any atom is -0.420 e. The summed E-state index contributed by atoms with van der Waals surface area (Å²) in [4.78, 5) is 10.1. The Morgan fingerprint density at radius 1 is 1.31 bits per heavy atom. The van der Waals surface area contributed by atoms with Crippen molar-refractivity contribution < 1.29 is 4.74 Å². The highest BCUT2D eigenvalue weighted by molar-refractivity contribution is 5.85. The number of aromatic amines is 1. The lowest BCUT2D eigenvalue weighted by atomic mass is 9.69. The van der Waals surface area contributed by atoms with Gasteiger partial charge in [-0.3, -0.25) is 4.90 Å². The van der Waals surface area contributed by atoms with E-state index in [1.807, 2.05) is 13.0 Å². The molecule has 0 radical (unpaired) electrons. The number of fused-ring (bicyclic) bond motifs is 2. The SMILES string of the molecule is Cc1nc2c([nH]1)C1(CCN(Cc3ccccc3)CC1)C(C#N)=C(N)O2.Cl. The third kappa shape index (κ3) is 2.94. The van der Waals surface area contributed by atoms with Crippen LogP contribution in [0.4, 0.5) is 0 Å². The molecule has 26 heavy (non-hydrogen) atoms. The molecule has 0 atom stereocenters. The average Bonchev–Trinajstić information content (AvgIpc) is 2.99. The fourth-order valence-electron chi connectivity index (χ4n) is 3.98. The first kappa shape index (κ1) is 18.3. The van der Waals surface area contributed by atoms with Crippen molar-refractivity contribution in [2.45, 2.75) is 31.7 Å². The highest BCUT2D eigenvalue weighted by Crippen LogP contribution is 2.48. The van der Waals surface area contributed by atoms with Crippen molar-refractivity contribution in [2.75, 3.05) is 13.1 Å². The molecule has 4 rings (SSSR count). The number of H-pyrrole nitrogens is 1. The van der Waals surface area contributed by atoms with Gasteiger partial charge in [0.1, 0.15) is 17.5 Å². The normalized spacial score (nSPS) is 18.6. The number of nitrogens with zero attached hydrogens (tertiary/aromatic N) is 3. The third-order valence-corrected chi connectivity index (χ3v) is 5.27. The van der Waals surface area contributed by atoms with Gasteiger partial charge in [-0.05, 0) is 38.4 Å². The zero-order valence-electron chi connectivity index (χ0n) is 14.7. The third-order valence-electron chi connectivity index (χ3n) is 5.27. The van der Waals surface area contributed by atoms with Crippen LogP contribution in [0.15, 0.2) is 41.8 Å². The molecule has 2 aliphatic heterocycles. The lowest BCUT2D eigenvalue weighted by Gasteiger charge is -2.42. The number of hydrogen-bond acceptors (Lipinski definition) is 5. The Morgan fingerprint density at radius 3 is 2.65 bits per heavy atom. The van der Waals surface area contributed by atoms with Crippen LogP contribution in [0.3, 0.4) is 0 Å². The molecule has 0 amide bonds. The Morgan fingerprint density at radius 2 is 2.00 bits per heavy atom. The largest absolute Gasteiger partial charge is 0.420 e. The second-order valence-electron chi connectivity index (χ2n) is 6.80. The molecule has 136 valence electrons. The smallest absolute Gasteiger partial charge is 0.243 e. The maximum atomic E-state index is 9.70. The molecule has 2 aliphatic rings. The predicted octanol–water partition coefficient (Wildman–Crippen LogP) is 2.76. The summed E-state index contributed by atoms with van der Waals surface area (Å²) in [6.45, 7) is 4.60. The summed E-state index contributed by atoms with van der Waals surface area (Å²) in [5, 5.41) is 9.70. The van der Waals surface area contributed by atoms with E-state index in [0.29, 0.717) is 11.5 Å². The van der Waals surface area contributed by atoms with Crippen molar-refractivity contribution in [1.82, 2.24) is 14.9 Å². The molecule has 1 fully saturated rings. The van der Waals surface area contributed by atoms with Crippen LogP contribution < -0.4 is 10.5 Å². The number of benzene rings is 1. The Bertz CT molecular complexity index is 860. The Kier molecular flexibility index (Phi) is 4.94. The van der Waals surface area contributed by atoms with E-state index < -0.39 is 5.41 Å². The lowest BCUT2D eigenvalue weighted by Crippen LogP contribution is -2.46. The first-order valence-corrected chi connectivity index (χ1v) is 8.54. The van der Waals surface area contributed by atoms with E-state index in [1.165, 1.54) is 5.56 Å². The molecule has 0 aliphatic carbocycles. The maximum Gasteiger partial charge on any atom is 0.243 e.